The first kappa shape index (κ1) is 14.3. The van der Waals surface area contributed by atoms with Crippen molar-refractivity contribution in [1.82, 2.24) is 15.1 Å². The Balaban J connectivity index is 1.73. The van der Waals surface area contributed by atoms with Crippen molar-refractivity contribution in [3.05, 3.63) is 0 Å². The van der Waals surface area contributed by atoms with Crippen molar-refractivity contribution in [2.75, 3.05) is 46.4 Å². The Hall–Kier alpha value is -1.14. The van der Waals surface area contributed by atoms with Gasteiger partial charge >= 0.3 is 0 Å². The van der Waals surface area contributed by atoms with Crippen LogP contribution in [0.4, 0.5) is 0 Å². The van der Waals surface area contributed by atoms with Gasteiger partial charge in [-0.25, -0.2) is 0 Å². The van der Waals surface area contributed by atoms with E-state index in [0.717, 1.165) is 19.4 Å². The lowest BCUT2D eigenvalue weighted by molar-refractivity contribution is -0.142. The second-order valence-electron chi connectivity index (χ2n) is 5.24. The third-order valence-electron chi connectivity index (χ3n) is 3.75. The van der Waals surface area contributed by atoms with Gasteiger partial charge in [-0.2, -0.15) is 0 Å². The number of hydrogen-bond donors (Lipinski definition) is 1. The molecule has 6 heteroatoms. The van der Waals surface area contributed by atoms with Crippen molar-refractivity contribution in [3.63, 3.8) is 0 Å². The second kappa shape index (κ2) is 6.86. The molecule has 108 valence electrons. The van der Waals surface area contributed by atoms with Gasteiger partial charge in [-0.3, -0.25) is 9.59 Å². The van der Waals surface area contributed by atoms with E-state index in [4.69, 9.17) is 4.74 Å². The zero-order valence-electron chi connectivity index (χ0n) is 11.6. The van der Waals surface area contributed by atoms with E-state index in [9.17, 15) is 9.59 Å². The molecule has 19 heavy (non-hydrogen) atoms. The maximum Gasteiger partial charge on any atom is 0.242 e. The van der Waals surface area contributed by atoms with Crippen LogP contribution in [0.25, 0.3) is 0 Å². The molecule has 2 saturated heterocycles. The highest BCUT2D eigenvalue weighted by Gasteiger charge is 2.23. The lowest BCUT2D eigenvalue weighted by Crippen LogP contribution is -2.46. The highest BCUT2D eigenvalue weighted by atomic mass is 16.5. The van der Waals surface area contributed by atoms with Gasteiger partial charge in [0, 0.05) is 32.6 Å². The summed E-state index contributed by atoms with van der Waals surface area (Å²) in [6.07, 6.45) is 2.68. The Morgan fingerprint density at radius 2 is 2.11 bits per heavy atom. The number of rotatable bonds is 4. The zero-order chi connectivity index (χ0) is 13.7. The minimum absolute atomic E-state index is 0.0125. The number of nitrogens with one attached hydrogen (secondary N) is 1. The number of carbonyl (C=O) groups excluding carboxylic acids is 2. The minimum Gasteiger partial charge on any atom is -0.378 e. The van der Waals surface area contributed by atoms with E-state index in [0.29, 0.717) is 32.7 Å². The quantitative estimate of drug-likeness (QED) is 0.743. The molecule has 2 heterocycles. The van der Waals surface area contributed by atoms with Gasteiger partial charge in [0.25, 0.3) is 0 Å². The van der Waals surface area contributed by atoms with Crippen LogP contribution in [0.15, 0.2) is 0 Å². The molecule has 0 aromatic heterocycles. The van der Waals surface area contributed by atoms with Crippen molar-refractivity contribution >= 4 is 11.8 Å². The first-order valence-corrected chi connectivity index (χ1v) is 6.99. The lowest BCUT2D eigenvalue weighted by Gasteiger charge is -2.29. The molecular weight excluding hydrogens is 246 g/mol. The molecular formula is C13H23N3O3. The molecule has 2 amide bonds. The number of amides is 2. The molecule has 2 rings (SSSR count). The normalized spacial score (nSPS) is 23.4. The van der Waals surface area contributed by atoms with Gasteiger partial charge < -0.3 is 19.9 Å². The summed E-state index contributed by atoms with van der Waals surface area (Å²) in [5.74, 6) is 0.0551. The van der Waals surface area contributed by atoms with Crippen molar-refractivity contribution in [3.8, 4) is 0 Å². The fourth-order valence-electron chi connectivity index (χ4n) is 2.50. The third-order valence-corrected chi connectivity index (χ3v) is 3.75. The molecule has 0 aliphatic carbocycles. The monoisotopic (exact) mass is 269 g/mol. The van der Waals surface area contributed by atoms with E-state index >= 15 is 0 Å². The molecule has 0 spiro atoms. The predicted octanol–water partition coefficient (Wildman–Crippen LogP) is -0.554. The topological polar surface area (TPSA) is 61.9 Å². The number of ether oxygens (including phenoxy) is 1. The van der Waals surface area contributed by atoms with Crippen molar-refractivity contribution < 1.29 is 14.3 Å². The Kier molecular flexibility index (Phi) is 5.15. The van der Waals surface area contributed by atoms with Gasteiger partial charge in [-0.05, 0) is 19.4 Å². The van der Waals surface area contributed by atoms with Gasteiger partial charge in [-0.15, -0.1) is 0 Å². The average Bonchev–Trinajstić information content (AvgIpc) is 2.92. The Morgan fingerprint density at radius 1 is 1.37 bits per heavy atom. The van der Waals surface area contributed by atoms with Crippen LogP contribution in [0.2, 0.25) is 0 Å². The molecule has 1 N–H and O–H groups in total. The first-order valence-electron chi connectivity index (χ1n) is 6.99. The van der Waals surface area contributed by atoms with Crippen LogP contribution >= 0.6 is 0 Å². The second-order valence-corrected chi connectivity index (χ2v) is 5.24. The van der Waals surface area contributed by atoms with E-state index in [1.807, 2.05) is 0 Å². The first-order chi connectivity index (χ1) is 9.16. The van der Waals surface area contributed by atoms with E-state index in [1.54, 1.807) is 11.9 Å². The summed E-state index contributed by atoms with van der Waals surface area (Å²) in [4.78, 5) is 27.3. The Morgan fingerprint density at radius 3 is 2.74 bits per heavy atom. The summed E-state index contributed by atoms with van der Waals surface area (Å²) in [6, 6.07) is 0.286. The number of morpholine rings is 1. The lowest BCUT2D eigenvalue weighted by atomic mass is 10.1. The van der Waals surface area contributed by atoms with Gasteiger partial charge in [0.05, 0.1) is 19.8 Å². The highest BCUT2D eigenvalue weighted by Crippen LogP contribution is 2.10. The summed E-state index contributed by atoms with van der Waals surface area (Å²) in [5.41, 5.74) is 0. The van der Waals surface area contributed by atoms with Crippen LogP contribution < -0.4 is 5.32 Å². The molecule has 1 unspecified atom stereocenters. The molecule has 0 saturated carbocycles. The van der Waals surface area contributed by atoms with Crippen molar-refractivity contribution in [1.29, 1.82) is 0 Å². The smallest absolute Gasteiger partial charge is 0.242 e. The molecule has 1 atom stereocenters. The number of nitrogens with zero attached hydrogens (tertiary/aromatic N) is 2. The molecule has 0 radical (unpaired) electrons. The summed E-state index contributed by atoms with van der Waals surface area (Å²) >= 11 is 0. The fraction of sp³-hybridized carbons (Fsp3) is 0.846. The number of likely N-dealkylation sites (N-methyl/N-ethyl adjacent to an activating group) is 1. The Labute approximate surface area is 114 Å². The van der Waals surface area contributed by atoms with Crippen LogP contribution in [0.1, 0.15) is 19.3 Å². The summed E-state index contributed by atoms with van der Waals surface area (Å²) < 4.78 is 5.21. The van der Waals surface area contributed by atoms with Crippen LogP contribution in [-0.2, 0) is 14.3 Å². The predicted molar refractivity (Wildman–Crippen MR) is 70.7 cm³/mol. The molecule has 6 nitrogen and oxygen atoms in total. The molecule has 0 aromatic rings. The maximum atomic E-state index is 12.0. The average molecular weight is 269 g/mol. The molecule has 0 aromatic carbocycles. The molecule has 2 fully saturated rings. The maximum absolute atomic E-state index is 12.0. The summed E-state index contributed by atoms with van der Waals surface area (Å²) in [5, 5.41) is 3.30. The summed E-state index contributed by atoms with van der Waals surface area (Å²) in [7, 11) is 1.70. The van der Waals surface area contributed by atoms with Crippen molar-refractivity contribution in [2.24, 2.45) is 0 Å². The standard InChI is InChI=1S/C13H23N3O3/c1-15(12(17)9-11-3-2-4-14-11)10-13(18)16-5-7-19-8-6-16/h11,14H,2-10H2,1H3. The zero-order valence-corrected chi connectivity index (χ0v) is 11.6. The highest BCUT2D eigenvalue weighted by molar-refractivity contribution is 5.85. The number of hydrogen-bond acceptors (Lipinski definition) is 4. The van der Waals surface area contributed by atoms with Gasteiger partial charge in [-0.1, -0.05) is 0 Å². The van der Waals surface area contributed by atoms with Crippen LogP contribution in [0, 0.1) is 0 Å². The van der Waals surface area contributed by atoms with Gasteiger partial charge in [0.15, 0.2) is 0 Å². The largest absolute Gasteiger partial charge is 0.378 e. The van der Waals surface area contributed by atoms with Gasteiger partial charge in [0.1, 0.15) is 0 Å². The molecule has 2 aliphatic heterocycles. The SMILES string of the molecule is CN(CC(=O)N1CCOCC1)C(=O)CC1CCCN1. The van der Waals surface area contributed by atoms with Crippen LogP contribution in [-0.4, -0.2) is 74.1 Å². The fourth-order valence-corrected chi connectivity index (χ4v) is 2.50. The van der Waals surface area contributed by atoms with E-state index in [-0.39, 0.29) is 24.4 Å². The van der Waals surface area contributed by atoms with E-state index in [1.165, 1.54) is 4.90 Å². The third kappa shape index (κ3) is 4.18. The van der Waals surface area contributed by atoms with Crippen LogP contribution in [0.5, 0.6) is 0 Å². The van der Waals surface area contributed by atoms with E-state index in [2.05, 4.69) is 5.32 Å². The number of carbonyl (C=O) groups is 2. The molecule has 2 aliphatic rings. The molecule has 0 bridgehead atoms. The minimum atomic E-state index is 0.0125. The Bertz CT molecular complexity index is 323. The van der Waals surface area contributed by atoms with Crippen molar-refractivity contribution in [2.45, 2.75) is 25.3 Å². The van der Waals surface area contributed by atoms with Gasteiger partial charge in [0.2, 0.25) is 11.8 Å². The van der Waals surface area contributed by atoms with Crippen LogP contribution in [0.3, 0.4) is 0 Å². The summed E-state index contributed by atoms with van der Waals surface area (Å²) in [6.45, 7) is 3.61. The van der Waals surface area contributed by atoms with E-state index < -0.39 is 0 Å².